The van der Waals surface area contributed by atoms with Crippen molar-refractivity contribution in [2.45, 2.75) is 45.8 Å². The molecule has 190 valence electrons. The van der Waals surface area contributed by atoms with Gasteiger partial charge < -0.3 is 19.7 Å². The summed E-state index contributed by atoms with van der Waals surface area (Å²) in [6.07, 6.45) is 1.75. The van der Waals surface area contributed by atoms with Gasteiger partial charge in [0, 0.05) is 23.7 Å². The van der Waals surface area contributed by atoms with Crippen LogP contribution in [0.3, 0.4) is 0 Å². The predicted molar refractivity (Wildman–Crippen MR) is 134 cm³/mol. The summed E-state index contributed by atoms with van der Waals surface area (Å²) in [5, 5.41) is 3.37. The lowest BCUT2D eigenvalue weighted by Crippen LogP contribution is -2.52. The first-order valence-corrected chi connectivity index (χ1v) is 13.4. The lowest BCUT2D eigenvalue weighted by molar-refractivity contribution is -0.139. The molecule has 0 unspecified atom stereocenters. The third-order valence-electron chi connectivity index (χ3n) is 5.73. The fraction of sp³-hybridized carbons (Fsp3) is 0.417. The number of ether oxygens (including phenoxy) is 2. The third kappa shape index (κ3) is 6.79. The zero-order valence-electron chi connectivity index (χ0n) is 20.2. The van der Waals surface area contributed by atoms with Gasteiger partial charge in [-0.25, -0.2) is 8.42 Å². The van der Waals surface area contributed by atoms with Crippen molar-refractivity contribution in [2.75, 3.05) is 23.9 Å². The average molecular weight is 524 g/mol. The van der Waals surface area contributed by atoms with Gasteiger partial charge in [0.15, 0.2) is 11.5 Å². The summed E-state index contributed by atoms with van der Waals surface area (Å²) < 4.78 is 37.0. The van der Waals surface area contributed by atoms with E-state index in [2.05, 4.69) is 5.32 Å². The van der Waals surface area contributed by atoms with Gasteiger partial charge in [-0.3, -0.25) is 13.9 Å². The molecule has 0 aromatic heterocycles. The van der Waals surface area contributed by atoms with Crippen molar-refractivity contribution in [3.05, 3.63) is 53.1 Å². The van der Waals surface area contributed by atoms with Crippen LogP contribution in [0.5, 0.6) is 11.5 Å². The highest BCUT2D eigenvalue weighted by molar-refractivity contribution is 7.92. The predicted octanol–water partition coefficient (Wildman–Crippen LogP) is 3.17. The topological polar surface area (TPSA) is 105 Å². The van der Waals surface area contributed by atoms with Crippen molar-refractivity contribution < 1.29 is 27.5 Å². The molecule has 35 heavy (non-hydrogen) atoms. The number of nitrogens with zero attached hydrogens (tertiary/aromatic N) is 2. The second-order valence-corrected chi connectivity index (χ2v) is 10.8. The van der Waals surface area contributed by atoms with Gasteiger partial charge in [0.25, 0.3) is 0 Å². The van der Waals surface area contributed by atoms with Crippen molar-refractivity contribution in [3.8, 4) is 11.5 Å². The van der Waals surface area contributed by atoms with Crippen molar-refractivity contribution in [3.63, 3.8) is 0 Å². The van der Waals surface area contributed by atoms with Crippen LogP contribution in [0.1, 0.15) is 32.8 Å². The number of fused-ring (bicyclic) bond motifs is 1. The molecule has 11 heteroatoms. The van der Waals surface area contributed by atoms with E-state index in [1.165, 1.54) is 11.0 Å². The van der Waals surface area contributed by atoms with Crippen molar-refractivity contribution >= 4 is 39.1 Å². The first-order chi connectivity index (χ1) is 16.5. The molecule has 0 aliphatic carbocycles. The number of nitrogens with one attached hydrogen (secondary N) is 1. The summed E-state index contributed by atoms with van der Waals surface area (Å²) in [5.74, 6) is 0.00992. The molecule has 1 aliphatic rings. The Hall–Kier alpha value is -2.98. The Morgan fingerprint density at radius 1 is 1.11 bits per heavy atom. The zero-order valence-corrected chi connectivity index (χ0v) is 21.7. The van der Waals surface area contributed by atoms with Crippen LogP contribution < -0.4 is 19.1 Å². The van der Waals surface area contributed by atoms with E-state index in [9.17, 15) is 18.0 Å². The normalized spacial score (nSPS) is 14.2. The molecule has 0 bridgehead atoms. The molecule has 0 saturated carbocycles. The van der Waals surface area contributed by atoms with Crippen LogP contribution in [0.2, 0.25) is 5.02 Å². The molecular formula is C24H30ClN3O6S. The Kier molecular flexibility index (Phi) is 8.50. The SMILES string of the molecule is CC[C@H](C)NC(=O)[C@@H](C)N(Cc1cccc(Cl)c1)C(=O)CN(c1ccc2c(c1)OCO2)S(C)(=O)=O. The maximum Gasteiger partial charge on any atom is 0.244 e. The Bertz CT molecular complexity index is 1190. The van der Waals surface area contributed by atoms with Gasteiger partial charge in [-0.15, -0.1) is 0 Å². The lowest BCUT2D eigenvalue weighted by atomic mass is 10.1. The van der Waals surface area contributed by atoms with Gasteiger partial charge >= 0.3 is 0 Å². The van der Waals surface area contributed by atoms with Crippen LogP contribution >= 0.6 is 11.6 Å². The number of rotatable bonds is 10. The highest BCUT2D eigenvalue weighted by Crippen LogP contribution is 2.36. The average Bonchev–Trinajstić information content (AvgIpc) is 3.27. The van der Waals surface area contributed by atoms with E-state index in [0.29, 0.717) is 22.1 Å². The largest absolute Gasteiger partial charge is 0.454 e. The van der Waals surface area contributed by atoms with Crippen molar-refractivity contribution in [1.29, 1.82) is 0 Å². The summed E-state index contributed by atoms with van der Waals surface area (Å²) in [7, 11) is -3.84. The molecule has 1 heterocycles. The van der Waals surface area contributed by atoms with E-state index in [1.807, 2.05) is 13.8 Å². The van der Waals surface area contributed by atoms with E-state index < -0.39 is 28.5 Å². The molecule has 2 aromatic carbocycles. The quantitative estimate of drug-likeness (QED) is 0.513. The number of hydrogen-bond acceptors (Lipinski definition) is 6. The number of carbonyl (C=O) groups excluding carboxylic acids is 2. The lowest BCUT2D eigenvalue weighted by Gasteiger charge is -2.32. The molecule has 0 spiro atoms. The number of sulfonamides is 1. The van der Waals surface area contributed by atoms with E-state index in [4.69, 9.17) is 21.1 Å². The van der Waals surface area contributed by atoms with Gasteiger partial charge in [0.2, 0.25) is 28.6 Å². The first-order valence-electron chi connectivity index (χ1n) is 11.2. The molecule has 0 saturated heterocycles. The number of carbonyl (C=O) groups is 2. The number of halogens is 1. The van der Waals surface area contributed by atoms with E-state index >= 15 is 0 Å². The molecule has 2 aromatic rings. The molecular weight excluding hydrogens is 494 g/mol. The van der Waals surface area contributed by atoms with Crippen molar-refractivity contribution in [2.24, 2.45) is 0 Å². The number of hydrogen-bond donors (Lipinski definition) is 1. The third-order valence-corrected chi connectivity index (χ3v) is 7.11. The van der Waals surface area contributed by atoms with Crippen LogP contribution in [0.25, 0.3) is 0 Å². The fourth-order valence-electron chi connectivity index (χ4n) is 3.53. The van der Waals surface area contributed by atoms with Gasteiger partial charge in [0.05, 0.1) is 11.9 Å². The minimum Gasteiger partial charge on any atom is -0.454 e. The van der Waals surface area contributed by atoms with E-state index in [-0.39, 0.29) is 31.0 Å². The Morgan fingerprint density at radius 2 is 1.83 bits per heavy atom. The molecule has 1 N–H and O–H groups in total. The summed E-state index contributed by atoms with van der Waals surface area (Å²) in [5.41, 5.74) is 0.965. The molecule has 0 radical (unpaired) electrons. The maximum atomic E-state index is 13.5. The molecule has 0 fully saturated rings. The first kappa shape index (κ1) is 26.6. The summed E-state index contributed by atoms with van der Waals surface area (Å²) in [6, 6.07) is 10.7. The molecule has 2 atom stereocenters. The number of anilines is 1. The van der Waals surface area contributed by atoms with Crippen LogP contribution in [-0.4, -0.2) is 56.8 Å². The minimum atomic E-state index is -3.84. The fourth-order valence-corrected chi connectivity index (χ4v) is 4.59. The minimum absolute atomic E-state index is 0.0345. The van der Waals surface area contributed by atoms with Crippen LogP contribution in [0.4, 0.5) is 5.69 Å². The van der Waals surface area contributed by atoms with Crippen molar-refractivity contribution in [1.82, 2.24) is 10.2 Å². The summed E-state index contributed by atoms with van der Waals surface area (Å²) in [6.45, 7) is 5.05. The monoisotopic (exact) mass is 523 g/mol. The second kappa shape index (κ2) is 11.2. The van der Waals surface area contributed by atoms with Gasteiger partial charge in [-0.2, -0.15) is 0 Å². The van der Waals surface area contributed by atoms with E-state index in [0.717, 1.165) is 17.0 Å². The van der Waals surface area contributed by atoms with Gasteiger partial charge in [-0.1, -0.05) is 30.7 Å². The maximum absolute atomic E-state index is 13.5. The second-order valence-electron chi connectivity index (χ2n) is 8.45. The Labute approximate surface area is 211 Å². The number of benzene rings is 2. The smallest absolute Gasteiger partial charge is 0.244 e. The highest BCUT2D eigenvalue weighted by atomic mass is 35.5. The molecule has 2 amide bonds. The Balaban J connectivity index is 1.91. The van der Waals surface area contributed by atoms with Crippen LogP contribution in [-0.2, 0) is 26.2 Å². The summed E-state index contributed by atoms with van der Waals surface area (Å²) >= 11 is 6.12. The standard InChI is InChI=1S/C24H30ClN3O6S/c1-5-16(2)26-24(30)17(3)27(13-18-7-6-8-19(25)11-18)23(29)14-28(35(4,31)32)20-9-10-21-22(12-20)34-15-33-21/h6-12,16-17H,5,13-15H2,1-4H3,(H,26,30)/t16-,17+/m0/s1. The molecule has 1 aliphatic heterocycles. The van der Waals surface area contributed by atoms with E-state index in [1.54, 1.807) is 43.3 Å². The Morgan fingerprint density at radius 3 is 2.49 bits per heavy atom. The number of amides is 2. The van der Waals surface area contributed by atoms with Gasteiger partial charge in [0.1, 0.15) is 12.6 Å². The molecule has 3 rings (SSSR count). The highest BCUT2D eigenvalue weighted by Gasteiger charge is 2.31. The summed E-state index contributed by atoms with van der Waals surface area (Å²) in [4.78, 5) is 27.8. The van der Waals surface area contributed by atoms with Crippen LogP contribution in [0, 0.1) is 0 Å². The zero-order chi connectivity index (χ0) is 25.8. The van der Waals surface area contributed by atoms with Crippen LogP contribution in [0.15, 0.2) is 42.5 Å². The van der Waals surface area contributed by atoms with Gasteiger partial charge in [-0.05, 0) is 50.1 Å². The molecule has 9 nitrogen and oxygen atoms in total.